The summed E-state index contributed by atoms with van der Waals surface area (Å²) < 4.78 is 15.9. The average Bonchev–Trinajstić information content (AvgIpc) is 3.03. The van der Waals surface area contributed by atoms with Gasteiger partial charge in [-0.25, -0.2) is 4.98 Å². The highest BCUT2D eigenvalue weighted by Gasteiger charge is 2.11. The van der Waals surface area contributed by atoms with E-state index in [1.54, 1.807) is 11.3 Å². The Hall–Kier alpha value is -2.08. The van der Waals surface area contributed by atoms with Gasteiger partial charge in [-0.3, -0.25) is 4.79 Å². The van der Waals surface area contributed by atoms with Gasteiger partial charge >= 0.3 is 5.97 Å². The van der Waals surface area contributed by atoms with Crippen molar-refractivity contribution in [1.29, 1.82) is 0 Å². The topological polar surface area (TPSA) is 57.7 Å². The summed E-state index contributed by atoms with van der Waals surface area (Å²) in [5.41, 5.74) is 1.87. The molecule has 124 valence electrons. The van der Waals surface area contributed by atoms with E-state index in [1.165, 1.54) is 7.11 Å². The van der Waals surface area contributed by atoms with Gasteiger partial charge in [0, 0.05) is 17.4 Å². The van der Waals surface area contributed by atoms with Gasteiger partial charge < -0.3 is 14.2 Å². The van der Waals surface area contributed by atoms with Gasteiger partial charge in [-0.2, -0.15) is 0 Å². The van der Waals surface area contributed by atoms with Crippen LogP contribution in [0.25, 0.3) is 10.6 Å². The average molecular weight is 335 g/mol. The lowest BCUT2D eigenvalue weighted by Crippen LogP contribution is -2.02. The van der Waals surface area contributed by atoms with E-state index in [0.29, 0.717) is 26.1 Å². The zero-order chi connectivity index (χ0) is 16.7. The molecule has 0 radical (unpaired) electrons. The quantitative estimate of drug-likeness (QED) is 0.688. The summed E-state index contributed by atoms with van der Waals surface area (Å²) in [6, 6.07) is 5.81. The number of carbonyl (C=O) groups is 1. The molecular formula is C17H21NO4S. The highest BCUT2D eigenvalue weighted by atomic mass is 32.1. The van der Waals surface area contributed by atoms with Crippen LogP contribution in [0, 0.1) is 0 Å². The molecule has 0 fully saturated rings. The molecule has 0 aliphatic rings. The smallest absolute Gasteiger partial charge is 0.305 e. The third kappa shape index (κ3) is 4.69. The molecule has 1 aromatic carbocycles. The summed E-state index contributed by atoms with van der Waals surface area (Å²) in [4.78, 5) is 15.8. The summed E-state index contributed by atoms with van der Waals surface area (Å²) >= 11 is 1.55. The van der Waals surface area contributed by atoms with Crippen molar-refractivity contribution in [1.82, 2.24) is 4.98 Å². The van der Waals surface area contributed by atoms with Gasteiger partial charge in [-0.05, 0) is 32.0 Å². The number of ether oxygens (including phenoxy) is 3. The van der Waals surface area contributed by atoms with Crippen LogP contribution >= 0.6 is 11.3 Å². The summed E-state index contributed by atoms with van der Waals surface area (Å²) in [7, 11) is 1.39. The third-order valence-corrected chi connectivity index (χ3v) is 4.10. The number of thiazole rings is 1. The van der Waals surface area contributed by atoms with Gasteiger partial charge in [0.05, 0.1) is 32.4 Å². The Balaban J connectivity index is 2.16. The van der Waals surface area contributed by atoms with Gasteiger partial charge in [0.25, 0.3) is 0 Å². The van der Waals surface area contributed by atoms with E-state index < -0.39 is 0 Å². The summed E-state index contributed by atoms with van der Waals surface area (Å²) in [5, 5.41) is 2.86. The van der Waals surface area contributed by atoms with Crippen LogP contribution in [0.1, 0.15) is 26.0 Å². The Bertz CT molecular complexity index is 654. The Morgan fingerprint density at radius 3 is 2.61 bits per heavy atom. The second-order valence-corrected chi connectivity index (χ2v) is 5.61. The first-order chi connectivity index (χ1) is 11.2. The number of hydrogen-bond acceptors (Lipinski definition) is 6. The first-order valence-corrected chi connectivity index (χ1v) is 8.47. The minimum absolute atomic E-state index is 0.223. The maximum Gasteiger partial charge on any atom is 0.305 e. The molecule has 23 heavy (non-hydrogen) atoms. The number of nitrogens with zero attached hydrogens (tertiary/aromatic N) is 1. The number of aryl methyl sites for hydroxylation is 1. The Morgan fingerprint density at radius 2 is 1.91 bits per heavy atom. The molecule has 1 heterocycles. The lowest BCUT2D eigenvalue weighted by Gasteiger charge is -2.11. The molecule has 0 aliphatic carbocycles. The zero-order valence-electron chi connectivity index (χ0n) is 13.6. The molecule has 2 aromatic rings. The first-order valence-electron chi connectivity index (χ1n) is 7.59. The molecule has 5 nitrogen and oxygen atoms in total. The first kappa shape index (κ1) is 17.3. The minimum Gasteiger partial charge on any atom is -0.490 e. The van der Waals surface area contributed by atoms with E-state index in [0.717, 1.165) is 27.8 Å². The van der Waals surface area contributed by atoms with Gasteiger partial charge in [-0.1, -0.05) is 0 Å². The van der Waals surface area contributed by atoms with Crippen LogP contribution in [0.5, 0.6) is 11.5 Å². The number of methoxy groups -OCH3 is 1. The van der Waals surface area contributed by atoms with Crippen molar-refractivity contribution in [3.05, 3.63) is 29.3 Å². The molecule has 0 amide bonds. The lowest BCUT2D eigenvalue weighted by molar-refractivity contribution is -0.140. The van der Waals surface area contributed by atoms with E-state index >= 15 is 0 Å². The summed E-state index contributed by atoms with van der Waals surface area (Å²) in [6.07, 6.45) is 0.922. The molecule has 0 atom stereocenters. The molecule has 0 saturated carbocycles. The number of rotatable bonds is 8. The van der Waals surface area contributed by atoms with Crippen LogP contribution in [0.4, 0.5) is 0 Å². The molecular weight excluding hydrogens is 314 g/mol. The van der Waals surface area contributed by atoms with E-state index in [1.807, 2.05) is 37.4 Å². The van der Waals surface area contributed by atoms with Gasteiger partial charge in [0.1, 0.15) is 5.01 Å². The van der Waals surface area contributed by atoms with E-state index in [9.17, 15) is 4.79 Å². The Kier molecular flexibility index (Phi) is 6.40. The number of carbonyl (C=O) groups excluding carboxylic acids is 1. The fourth-order valence-electron chi connectivity index (χ4n) is 2.07. The molecule has 0 unspecified atom stereocenters. The predicted molar refractivity (Wildman–Crippen MR) is 90.2 cm³/mol. The van der Waals surface area contributed by atoms with Crippen LogP contribution < -0.4 is 9.47 Å². The lowest BCUT2D eigenvalue weighted by atomic mass is 10.2. The monoisotopic (exact) mass is 335 g/mol. The van der Waals surface area contributed by atoms with Crippen LogP contribution in [-0.2, 0) is 16.0 Å². The molecule has 0 saturated heterocycles. The second-order valence-electron chi connectivity index (χ2n) is 4.75. The van der Waals surface area contributed by atoms with Crippen molar-refractivity contribution in [3.8, 4) is 22.1 Å². The highest BCUT2D eigenvalue weighted by Crippen LogP contribution is 2.34. The Labute approximate surface area is 140 Å². The molecule has 1 aromatic heterocycles. The van der Waals surface area contributed by atoms with Crippen LogP contribution in [0.3, 0.4) is 0 Å². The fourth-order valence-corrected chi connectivity index (χ4v) is 2.92. The third-order valence-electron chi connectivity index (χ3n) is 3.16. The highest BCUT2D eigenvalue weighted by molar-refractivity contribution is 7.13. The van der Waals surface area contributed by atoms with Crippen molar-refractivity contribution in [3.63, 3.8) is 0 Å². The van der Waals surface area contributed by atoms with E-state index in [-0.39, 0.29) is 5.97 Å². The van der Waals surface area contributed by atoms with Crippen LogP contribution in [0.2, 0.25) is 0 Å². The predicted octanol–water partition coefficient (Wildman–Crippen LogP) is 3.71. The molecule has 6 heteroatoms. The van der Waals surface area contributed by atoms with Crippen LogP contribution in [0.15, 0.2) is 23.6 Å². The molecule has 0 N–H and O–H groups in total. The minimum atomic E-state index is -0.223. The largest absolute Gasteiger partial charge is 0.490 e. The standard InChI is InChI=1S/C17H21NO4S/c1-4-21-14-8-6-12(10-15(14)22-5-2)17-18-13(11-23-17)7-9-16(19)20-3/h6,8,10-11H,4-5,7,9H2,1-3H3. The molecule has 2 rings (SSSR count). The van der Waals surface area contributed by atoms with E-state index in [2.05, 4.69) is 9.72 Å². The molecule has 0 spiro atoms. The number of esters is 1. The molecule has 0 bridgehead atoms. The maximum atomic E-state index is 11.2. The Morgan fingerprint density at radius 1 is 1.17 bits per heavy atom. The van der Waals surface area contributed by atoms with Crippen molar-refractivity contribution >= 4 is 17.3 Å². The fraction of sp³-hybridized carbons (Fsp3) is 0.412. The van der Waals surface area contributed by atoms with Gasteiger partial charge in [-0.15, -0.1) is 11.3 Å². The number of benzene rings is 1. The number of aromatic nitrogens is 1. The van der Waals surface area contributed by atoms with Crippen LogP contribution in [-0.4, -0.2) is 31.3 Å². The van der Waals surface area contributed by atoms with Crippen molar-refractivity contribution in [2.45, 2.75) is 26.7 Å². The van der Waals surface area contributed by atoms with Crippen molar-refractivity contribution < 1.29 is 19.0 Å². The van der Waals surface area contributed by atoms with Crippen molar-refractivity contribution in [2.75, 3.05) is 20.3 Å². The summed E-state index contributed by atoms with van der Waals surface area (Å²) in [6.45, 7) is 5.05. The SMILES string of the molecule is CCOc1ccc(-c2nc(CCC(=O)OC)cs2)cc1OCC. The second kappa shape index (κ2) is 8.53. The zero-order valence-corrected chi connectivity index (χ0v) is 14.4. The normalized spacial score (nSPS) is 10.4. The van der Waals surface area contributed by atoms with Crippen molar-refractivity contribution in [2.24, 2.45) is 0 Å². The summed E-state index contributed by atoms with van der Waals surface area (Å²) in [5.74, 6) is 1.23. The van der Waals surface area contributed by atoms with E-state index in [4.69, 9.17) is 9.47 Å². The van der Waals surface area contributed by atoms with Gasteiger partial charge in [0.2, 0.25) is 0 Å². The maximum absolute atomic E-state index is 11.2. The molecule has 0 aliphatic heterocycles. The number of hydrogen-bond donors (Lipinski definition) is 0. The van der Waals surface area contributed by atoms with Gasteiger partial charge in [0.15, 0.2) is 11.5 Å².